The van der Waals surface area contributed by atoms with Gasteiger partial charge >= 0.3 is 6.18 Å². The van der Waals surface area contributed by atoms with Crippen molar-refractivity contribution in [3.05, 3.63) is 168 Å². The largest absolute Gasteiger partial charge is 0.437 e. The fraction of sp³-hybridized carbons (Fsp3) is 0.0217. The summed E-state index contributed by atoms with van der Waals surface area (Å²) in [6.45, 7) is 0. The summed E-state index contributed by atoms with van der Waals surface area (Å²) in [7, 11) is 0. The van der Waals surface area contributed by atoms with Crippen molar-refractivity contribution in [1.29, 1.82) is 0 Å². The van der Waals surface area contributed by atoms with Crippen molar-refractivity contribution < 1.29 is 18.4 Å². The molecule has 0 unspecified atom stereocenters. The number of rotatable bonds is 5. The second-order valence-corrected chi connectivity index (χ2v) is 13.1. The maximum atomic E-state index is 14.8. The minimum Gasteiger partial charge on any atom is -0.410 e. The minimum absolute atomic E-state index is 0.00134. The molecule has 0 atom stereocenters. The van der Waals surface area contributed by atoms with Gasteiger partial charge in [-0.15, -0.1) is 0 Å². The summed E-state index contributed by atoms with van der Waals surface area (Å²) >= 11 is 0. The van der Waals surface area contributed by atoms with Gasteiger partial charge in [-0.2, -0.15) is 13.2 Å². The molecule has 9 rings (SSSR count). The topological polar surface area (TPSA) is 89.9 Å². The third-order valence-corrected chi connectivity index (χ3v) is 9.74. The van der Waals surface area contributed by atoms with E-state index in [2.05, 4.69) is 15.1 Å². The van der Waals surface area contributed by atoms with E-state index >= 15 is 0 Å². The van der Waals surface area contributed by atoms with Gasteiger partial charge in [-0.3, -0.25) is 0 Å². The lowest BCUT2D eigenvalue weighted by atomic mass is 9.96. The third kappa shape index (κ3) is 6.11. The van der Waals surface area contributed by atoms with Gasteiger partial charge in [0.15, 0.2) is 5.71 Å². The minimum atomic E-state index is -5.00. The Morgan fingerprint density at radius 3 is 1.22 bits per heavy atom. The van der Waals surface area contributed by atoms with E-state index in [1.165, 1.54) is 6.08 Å². The molecule has 55 heavy (non-hydrogen) atoms. The van der Waals surface area contributed by atoms with Gasteiger partial charge in [0.1, 0.15) is 0 Å². The number of oxime groups is 1. The second-order valence-electron chi connectivity index (χ2n) is 13.1. The molecule has 4 aromatic carbocycles. The van der Waals surface area contributed by atoms with Crippen molar-refractivity contribution in [2.24, 2.45) is 5.16 Å². The lowest BCUT2D eigenvalue weighted by Crippen LogP contribution is -2.24. The van der Waals surface area contributed by atoms with E-state index in [0.29, 0.717) is 38.9 Å². The summed E-state index contributed by atoms with van der Waals surface area (Å²) in [5.41, 5.74) is 8.26. The number of allylic oxidation sites excluding steroid dienone is 1. The molecule has 0 amide bonds. The first-order valence-corrected chi connectivity index (χ1v) is 17.6. The summed E-state index contributed by atoms with van der Waals surface area (Å²) in [6.07, 6.45) is 0.359. The molecule has 7 aromatic rings. The summed E-state index contributed by atoms with van der Waals surface area (Å²) in [5.74, 6) is 0. The highest BCUT2D eigenvalue weighted by atomic mass is 19.4. The van der Waals surface area contributed by atoms with Crippen LogP contribution in [0.15, 0.2) is 151 Å². The zero-order valence-electron chi connectivity index (χ0n) is 29.0. The average molecular weight is 726 g/mol. The number of halogens is 3. The van der Waals surface area contributed by atoms with Crippen LogP contribution in [0.3, 0.4) is 0 Å². The van der Waals surface area contributed by atoms with Crippen LogP contribution in [0.4, 0.5) is 13.2 Å². The van der Waals surface area contributed by atoms with Gasteiger partial charge < -0.3 is 15.2 Å². The summed E-state index contributed by atoms with van der Waals surface area (Å²) in [5, 5.41) is 12.8. The first kappa shape index (κ1) is 33.6. The van der Waals surface area contributed by atoms with E-state index in [-0.39, 0.29) is 17.0 Å². The maximum Gasteiger partial charge on any atom is 0.437 e. The number of hydrogen-bond acceptors (Lipinski definition) is 4. The Kier molecular flexibility index (Phi) is 8.31. The fourth-order valence-electron chi connectivity index (χ4n) is 7.36. The Balaban J connectivity index is 1.53. The van der Waals surface area contributed by atoms with Crippen LogP contribution >= 0.6 is 0 Å². The predicted octanol–water partition coefficient (Wildman–Crippen LogP) is 12.1. The highest BCUT2D eigenvalue weighted by Crippen LogP contribution is 2.42. The van der Waals surface area contributed by atoms with Crippen LogP contribution < -0.4 is 0 Å². The summed E-state index contributed by atoms with van der Waals surface area (Å²) in [4.78, 5) is 17.4. The molecule has 2 aliphatic rings. The van der Waals surface area contributed by atoms with Crippen LogP contribution in [-0.4, -0.2) is 37.0 Å². The molecule has 0 spiro atoms. The fourth-order valence-corrected chi connectivity index (χ4v) is 7.36. The molecule has 2 aliphatic heterocycles. The molecule has 9 heteroatoms. The zero-order chi connectivity index (χ0) is 37.5. The Bertz CT molecular complexity index is 2840. The standard InChI is InChI=1S/C46H30F3N5O/c47-46(48,49)45(54-55)32-27-39-42(30-17-9-3-10-18-30)37-24-23-35(51-37)40(28-13-5-1-6-14-28)33-21-22-34(50-33)41(29-15-7-2-8-16-29)36-25-26-38(52-36)43(44(32)53-39)31-19-11-4-12-20-31/h1-27,51-52,55H/b40-33?,40-35?,41-34?,41-36?,42-37?,42-39?,43-38?,44-43?,54-45+. The van der Waals surface area contributed by atoms with Gasteiger partial charge in [0.2, 0.25) is 0 Å². The SMILES string of the molecule is O/N=C(\C1=Cc2nc1c(-c1ccccc1)c1ccc([nH]1)c(-c1ccccc1)c1nc(c(-c3ccccc3)c3ccc([nH]3)c2-c2ccccc2)C=C1)C(F)(F)F. The molecule has 3 N–H and O–H groups in total. The molecular weight excluding hydrogens is 696 g/mol. The van der Waals surface area contributed by atoms with Crippen molar-refractivity contribution in [3.8, 4) is 44.5 Å². The Morgan fingerprint density at radius 2 is 0.836 bits per heavy atom. The van der Waals surface area contributed by atoms with Crippen molar-refractivity contribution in [2.45, 2.75) is 6.18 Å². The molecule has 0 fully saturated rings. The molecule has 6 nitrogen and oxygen atoms in total. The Labute approximate surface area is 313 Å². The predicted molar refractivity (Wildman–Crippen MR) is 215 cm³/mol. The average Bonchev–Trinajstić information content (AvgIpc) is 4.04. The molecule has 0 saturated carbocycles. The second kappa shape index (κ2) is 13.6. The van der Waals surface area contributed by atoms with E-state index in [1.54, 1.807) is 0 Å². The number of nitrogens with one attached hydrogen (secondary N) is 2. The van der Waals surface area contributed by atoms with Gasteiger partial charge in [-0.25, -0.2) is 9.97 Å². The zero-order valence-corrected chi connectivity index (χ0v) is 29.0. The van der Waals surface area contributed by atoms with Crippen molar-refractivity contribution in [1.82, 2.24) is 19.9 Å². The first-order valence-electron chi connectivity index (χ1n) is 17.6. The first-order chi connectivity index (χ1) is 26.9. The number of aromatic amines is 2. The van der Waals surface area contributed by atoms with Crippen LogP contribution in [0.2, 0.25) is 0 Å². The van der Waals surface area contributed by atoms with E-state index in [4.69, 9.17) is 9.97 Å². The quantitative estimate of drug-likeness (QED) is 0.0937. The third-order valence-electron chi connectivity index (χ3n) is 9.74. The van der Waals surface area contributed by atoms with Gasteiger partial charge in [0.25, 0.3) is 0 Å². The molecule has 0 radical (unpaired) electrons. The normalized spacial score (nSPS) is 12.9. The molecule has 5 heterocycles. The number of nitrogens with zero attached hydrogens (tertiary/aromatic N) is 3. The highest BCUT2D eigenvalue weighted by molar-refractivity contribution is 6.32. The van der Waals surface area contributed by atoms with E-state index < -0.39 is 11.9 Å². The molecule has 0 saturated heterocycles. The Morgan fingerprint density at radius 1 is 0.473 bits per heavy atom. The molecule has 3 aromatic heterocycles. The maximum absolute atomic E-state index is 14.8. The number of alkyl halides is 3. The number of benzene rings is 4. The van der Waals surface area contributed by atoms with Gasteiger partial charge in [-0.1, -0.05) is 126 Å². The van der Waals surface area contributed by atoms with Crippen LogP contribution in [0.5, 0.6) is 0 Å². The van der Waals surface area contributed by atoms with Gasteiger partial charge in [-0.05, 0) is 64.7 Å². The van der Waals surface area contributed by atoms with E-state index in [9.17, 15) is 18.4 Å². The lowest BCUT2D eigenvalue weighted by molar-refractivity contribution is -0.0591. The number of hydrogen-bond donors (Lipinski definition) is 3. The van der Waals surface area contributed by atoms with Crippen molar-refractivity contribution in [3.63, 3.8) is 0 Å². The molecule has 0 aliphatic carbocycles. The monoisotopic (exact) mass is 725 g/mol. The van der Waals surface area contributed by atoms with Crippen molar-refractivity contribution >= 4 is 51.6 Å². The smallest absolute Gasteiger partial charge is 0.410 e. The summed E-state index contributed by atoms with van der Waals surface area (Å²) in [6, 6.07) is 45.9. The van der Waals surface area contributed by atoms with E-state index in [1.807, 2.05) is 158 Å². The van der Waals surface area contributed by atoms with Gasteiger partial charge in [0, 0.05) is 49.9 Å². The van der Waals surface area contributed by atoms with Crippen LogP contribution in [0, 0.1) is 0 Å². The highest BCUT2D eigenvalue weighted by Gasteiger charge is 2.42. The number of fused-ring (bicyclic) bond motifs is 8. The van der Waals surface area contributed by atoms with Crippen LogP contribution in [0.1, 0.15) is 22.8 Å². The van der Waals surface area contributed by atoms with Gasteiger partial charge in [0.05, 0.1) is 22.8 Å². The lowest BCUT2D eigenvalue weighted by Gasteiger charge is -2.12. The molecule has 266 valence electrons. The molecular formula is C46H30F3N5O. The molecule has 8 bridgehead atoms. The van der Waals surface area contributed by atoms with Crippen LogP contribution in [-0.2, 0) is 0 Å². The number of H-pyrrole nitrogens is 2. The van der Waals surface area contributed by atoms with Crippen LogP contribution in [0.25, 0.3) is 90.4 Å². The van der Waals surface area contributed by atoms with E-state index in [0.717, 1.165) is 39.0 Å². The number of aromatic nitrogens is 4. The Hall–Kier alpha value is -7.26. The van der Waals surface area contributed by atoms with Crippen molar-refractivity contribution in [2.75, 3.05) is 0 Å². The summed E-state index contributed by atoms with van der Waals surface area (Å²) < 4.78 is 44.5.